The van der Waals surface area contributed by atoms with Crippen molar-refractivity contribution in [1.29, 1.82) is 0 Å². The predicted octanol–water partition coefficient (Wildman–Crippen LogP) is 3.65. The van der Waals surface area contributed by atoms with E-state index in [-0.39, 0.29) is 6.10 Å². The van der Waals surface area contributed by atoms with Crippen LogP contribution in [0.25, 0.3) is 0 Å². The van der Waals surface area contributed by atoms with Crippen LogP contribution >= 0.6 is 0 Å². The van der Waals surface area contributed by atoms with Gasteiger partial charge in [0.15, 0.2) is 0 Å². The molecule has 0 aliphatic heterocycles. The molecule has 21 heavy (non-hydrogen) atoms. The molecule has 124 valence electrons. The zero-order valence-corrected chi connectivity index (χ0v) is 13.9. The second kappa shape index (κ2) is 9.81. The van der Waals surface area contributed by atoms with E-state index in [1.54, 1.807) is 0 Å². The van der Waals surface area contributed by atoms with Gasteiger partial charge < -0.3 is 15.2 Å². The highest BCUT2D eigenvalue weighted by molar-refractivity contribution is 4.78. The summed E-state index contributed by atoms with van der Waals surface area (Å²) in [5.74, 6) is 0.951. The lowest BCUT2D eigenvalue weighted by atomic mass is 9.83. The van der Waals surface area contributed by atoms with Crippen LogP contribution in [0, 0.1) is 5.92 Å². The SMILES string of the molecule is CCCC1CCC(NCC(O)COC2CCCCC2)CC1. The van der Waals surface area contributed by atoms with Crippen molar-refractivity contribution in [3.05, 3.63) is 0 Å². The van der Waals surface area contributed by atoms with E-state index in [9.17, 15) is 5.11 Å². The van der Waals surface area contributed by atoms with E-state index in [0.717, 1.165) is 5.92 Å². The molecule has 0 aromatic heterocycles. The smallest absolute Gasteiger partial charge is 0.0897 e. The Morgan fingerprint density at radius 1 is 1.05 bits per heavy atom. The van der Waals surface area contributed by atoms with E-state index in [1.807, 2.05) is 0 Å². The average Bonchev–Trinajstić information content (AvgIpc) is 2.53. The van der Waals surface area contributed by atoms with Gasteiger partial charge in [0.1, 0.15) is 0 Å². The molecule has 0 bridgehead atoms. The Labute approximate surface area is 130 Å². The van der Waals surface area contributed by atoms with Gasteiger partial charge in [0.05, 0.1) is 18.8 Å². The monoisotopic (exact) mass is 297 g/mol. The van der Waals surface area contributed by atoms with Gasteiger partial charge in [-0.05, 0) is 44.4 Å². The van der Waals surface area contributed by atoms with Crippen LogP contribution in [0.5, 0.6) is 0 Å². The summed E-state index contributed by atoms with van der Waals surface area (Å²) in [7, 11) is 0. The first-order valence-corrected chi connectivity index (χ1v) is 9.31. The molecule has 1 atom stereocenters. The van der Waals surface area contributed by atoms with Crippen LogP contribution < -0.4 is 5.32 Å². The molecule has 1 unspecified atom stereocenters. The minimum atomic E-state index is -0.347. The number of aliphatic hydroxyl groups is 1. The molecule has 2 rings (SSSR count). The second-order valence-electron chi connectivity index (χ2n) is 7.16. The van der Waals surface area contributed by atoms with Crippen LogP contribution in [0.1, 0.15) is 77.6 Å². The van der Waals surface area contributed by atoms with Crippen molar-refractivity contribution in [3.8, 4) is 0 Å². The molecule has 3 heteroatoms. The first-order chi connectivity index (χ1) is 10.3. The number of hydrogen-bond donors (Lipinski definition) is 2. The maximum absolute atomic E-state index is 10.1. The summed E-state index contributed by atoms with van der Waals surface area (Å²) in [6.07, 6.45) is 14.3. The third-order valence-electron chi connectivity index (χ3n) is 5.26. The summed E-state index contributed by atoms with van der Waals surface area (Å²) >= 11 is 0. The Kier molecular flexibility index (Phi) is 8.05. The van der Waals surface area contributed by atoms with Crippen LogP contribution in [-0.2, 0) is 4.74 Å². The van der Waals surface area contributed by atoms with Crippen molar-refractivity contribution in [2.45, 2.75) is 95.8 Å². The number of nitrogens with one attached hydrogen (secondary N) is 1. The highest BCUT2D eigenvalue weighted by Crippen LogP contribution is 2.27. The fourth-order valence-electron chi connectivity index (χ4n) is 3.90. The highest BCUT2D eigenvalue weighted by Gasteiger charge is 2.21. The maximum Gasteiger partial charge on any atom is 0.0897 e. The summed E-state index contributed by atoms with van der Waals surface area (Å²) in [6.45, 7) is 3.48. The minimum absolute atomic E-state index is 0.347. The maximum atomic E-state index is 10.1. The van der Waals surface area contributed by atoms with Crippen LogP contribution in [0.3, 0.4) is 0 Å². The molecule has 3 nitrogen and oxygen atoms in total. The van der Waals surface area contributed by atoms with E-state index in [1.165, 1.54) is 70.6 Å². The van der Waals surface area contributed by atoms with E-state index in [0.29, 0.717) is 25.3 Å². The first-order valence-electron chi connectivity index (χ1n) is 9.31. The number of aliphatic hydroxyl groups excluding tert-OH is 1. The Balaban J connectivity index is 1.51. The molecule has 2 aliphatic rings. The normalized spacial score (nSPS) is 29.4. The topological polar surface area (TPSA) is 41.5 Å². The van der Waals surface area contributed by atoms with Gasteiger partial charge in [0.25, 0.3) is 0 Å². The minimum Gasteiger partial charge on any atom is -0.389 e. The quantitative estimate of drug-likeness (QED) is 0.718. The summed E-state index contributed by atoms with van der Waals surface area (Å²) in [5, 5.41) is 13.6. The van der Waals surface area contributed by atoms with Crippen molar-refractivity contribution < 1.29 is 9.84 Å². The molecule has 0 saturated heterocycles. The average molecular weight is 297 g/mol. The van der Waals surface area contributed by atoms with Crippen molar-refractivity contribution >= 4 is 0 Å². The largest absolute Gasteiger partial charge is 0.389 e. The Morgan fingerprint density at radius 3 is 2.43 bits per heavy atom. The summed E-state index contributed by atoms with van der Waals surface area (Å²) in [5.41, 5.74) is 0. The Morgan fingerprint density at radius 2 is 1.76 bits per heavy atom. The highest BCUT2D eigenvalue weighted by atomic mass is 16.5. The van der Waals surface area contributed by atoms with Crippen molar-refractivity contribution in [2.24, 2.45) is 5.92 Å². The first kappa shape index (κ1) is 17.2. The lowest BCUT2D eigenvalue weighted by Gasteiger charge is -2.30. The summed E-state index contributed by atoms with van der Waals surface area (Å²) < 4.78 is 5.84. The van der Waals surface area contributed by atoms with Crippen LogP contribution in [0.15, 0.2) is 0 Å². The zero-order valence-electron chi connectivity index (χ0n) is 13.9. The second-order valence-corrected chi connectivity index (χ2v) is 7.16. The van der Waals surface area contributed by atoms with Crippen LogP contribution in [-0.4, -0.2) is 36.5 Å². The van der Waals surface area contributed by atoms with E-state index < -0.39 is 0 Å². The molecular formula is C18H35NO2. The summed E-state index contributed by atoms with van der Waals surface area (Å²) in [4.78, 5) is 0. The fraction of sp³-hybridized carbons (Fsp3) is 1.00. The molecule has 2 N–H and O–H groups in total. The molecule has 2 aliphatic carbocycles. The van der Waals surface area contributed by atoms with Gasteiger partial charge in [-0.25, -0.2) is 0 Å². The standard InChI is InChI=1S/C18H35NO2/c1-2-6-15-9-11-16(12-10-15)19-13-17(20)14-21-18-7-4-3-5-8-18/h15-20H,2-14H2,1H3. The summed E-state index contributed by atoms with van der Waals surface area (Å²) in [6, 6.07) is 0.613. The van der Waals surface area contributed by atoms with Gasteiger partial charge >= 0.3 is 0 Å². The zero-order chi connectivity index (χ0) is 14.9. The molecule has 2 fully saturated rings. The Bertz CT molecular complexity index is 258. The van der Waals surface area contributed by atoms with Gasteiger partial charge in [-0.15, -0.1) is 0 Å². The van der Waals surface area contributed by atoms with Gasteiger partial charge in [-0.3, -0.25) is 0 Å². The number of ether oxygens (including phenoxy) is 1. The van der Waals surface area contributed by atoms with Gasteiger partial charge in [-0.1, -0.05) is 39.0 Å². The molecule has 2 saturated carbocycles. The van der Waals surface area contributed by atoms with Crippen LogP contribution in [0.4, 0.5) is 0 Å². The third-order valence-corrected chi connectivity index (χ3v) is 5.26. The van der Waals surface area contributed by atoms with Crippen molar-refractivity contribution in [3.63, 3.8) is 0 Å². The lowest BCUT2D eigenvalue weighted by molar-refractivity contribution is -0.0239. The van der Waals surface area contributed by atoms with Crippen LogP contribution in [0.2, 0.25) is 0 Å². The molecule has 0 aromatic rings. The van der Waals surface area contributed by atoms with E-state index in [4.69, 9.17) is 4.74 Å². The molecule has 0 amide bonds. The van der Waals surface area contributed by atoms with Crippen molar-refractivity contribution in [1.82, 2.24) is 5.32 Å². The number of hydrogen-bond acceptors (Lipinski definition) is 3. The predicted molar refractivity (Wildman–Crippen MR) is 87.5 cm³/mol. The van der Waals surface area contributed by atoms with Gasteiger partial charge in [0, 0.05) is 12.6 Å². The molecule has 0 aromatic carbocycles. The van der Waals surface area contributed by atoms with Crippen molar-refractivity contribution in [2.75, 3.05) is 13.2 Å². The molecule has 0 spiro atoms. The van der Waals surface area contributed by atoms with E-state index in [2.05, 4.69) is 12.2 Å². The van der Waals surface area contributed by atoms with Gasteiger partial charge in [0.2, 0.25) is 0 Å². The fourth-order valence-corrected chi connectivity index (χ4v) is 3.90. The Hall–Kier alpha value is -0.120. The molecule has 0 radical (unpaired) electrons. The molecule has 0 heterocycles. The van der Waals surface area contributed by atoms with Gasteiger partial charge in [-0.2, -0.15) is 0 Å². The molecular weight excluding hydrogens is 262 g/mol. The number of rotatable bonds is 8. The lowest BCUT2D eigenvalue weighted by Crippen LogP contribution is -2.40. The third kappa shape index (κ3) is 6.66. The van der Waals surface area contributed by atoms with E-state index >= 15 is 0 Å².